The van der Waals surface area contributed by atoms with Gasteiger partial charge in [-0.05, 0) is 49.1 Å². The van der Waals surface area contributed by atoms with Gasteiger partial charge in [-0.1, -0.05) is 19.9 Å². The molecule has 2 rings (SSSR count). The quantitative estimate of drug-likeness (QED) is 0.645. The molecule has 0 amide bonds. The van der Waals surface area contributed by atoms with E-state index in [0.29, 0.717) is 11.3 Å². The minimum absolute atomic E-state index is 0.0622. The van der Waals surface area contributed by atoms with Gasteiger partial charge in [-0.25, -0.2) is 0 Å². The van der Waals surface area contributed by atoms with Crippen molar-refractivity contribution in [2.24, 2.45) is 17.2 Å². The van der Waals surface area contributed by atoms with Crippen LogP contribution in [-0.2, 0) is 0 Å². The molecule has 1 aromatic carbocycles. The lowest BCUT2D eigenvalue weighted by Gasteiger charge is -2.38. The van der Waals surface area contributed by atoms with Crippen molar-refractivity contribution >= 4 is 0 Å². The second kappa shape index (κ2) is 6.67. The van der Waals surface area contributed by atoms with Crippen LogP contribution in [0.2, 0.25) is 0 Å². The van der Waals surface area contributed by atoms with E-state index in [-0.39, 0.29) is 6.04 Å². The lowest BCUT2D eigenvalue weighted by molar-refractivity contribution is 0.159. The minimum atomic E-state index is 0.0622. The highest BCUT2D eigenvalue weighted by Crippen LogP contribution is 2.46. The lowest BCUT2D eigenvalue weighted by atomic mass is 9.70. The Labute approximate surface area is 128 Å². The molecule has 0 aliphatic heterocycles. The molecule has 4 nitrogen and oxygen atoms in total. The summed E-state index contributed by atoms with van der Waals surface area (Å²) in [6.07, 6.45) is 4.80. The largest absolute Gasteiger partial charge is 0.496 e. The Morgan fingerprint density at radius 2 is 1.67 bits per heavy atom. The molecule has 4 heteroatoms. The van der Waals surface area contributed by atoms with Gasteiger partial charge in [0.15, 0.2) is 0 Å². The number of ether oxygens (including phenoxy) is 2. The van der Waals surface area contributed by atoms with Gasteiger partial charge in [0.25, 0.3) is 0 Å². The molecule has 1 unspecified atom stereocenters. The summed E-state index contributed by atoms with van der Waals surface area (Å²) in [4.78, 5) is 0. The maximum absolute atomic E-state index is 5.89. The highest BCUT2D eigenvalue weighted by Gasteiger charge is 2.34. The molecule has 1 atom stereocenters. The average Bonchev–Trinajstić information content (AvgIpc) is 2.49. The summed E-state index contributed by atoms with van der Waals surface area (Å²) >= 11 is 0. The summed E-state index contributed by atoms with van der Waals surface area (Å²) in [6.45, 7) is 4.69. The van der Waals surface area contributed by atoms with E-state index in [1.165, 1.54) is 25.7 Å². The average molecular weight is 292 g/mol. The number of nitrogens with two attached hydrogens (primary N) is 1. The van der Waals surface area contributed by atoms with Gasteiger partial charge in [-0.2, -0.15) is 0 Å². The van der Waals surface area contributed by atoms with E-state index in [4.69, 9.17) is 15.3 Å². The molecule has 118 valence electrons. The molecule has 0 saturated heterocycles. The fourth-order valence-electron chi connectivity index (χ4n) is 3.40. The van der Waals surface area contributed by atoms with Crippen LogP contribution in [0.3, 0.4) is 0 Å². The predicted molar refractivity (Wildman–Crippen MR) is 85.3 cm³/mol. The molecule has 1 aromatic rings. The van der Waals surface area contributed by atoms with Gasteiger partial charge in [0.1, 0.15) is 11.5 Å². The van der Waals surface area contributed by atoms with Crippen LogP contribution >= 0.6 is 0 Å². The molecule has 1 aliphatic carbocycles. The summed E-state index contributed by atoms with van der Waals surface area (Å²) in [5.41, 5.74) is 4.49. The van der Waals surface area contributed by atoms with Crippen LogP contribution in [0.4, 0.5) is 0 Å². The number of hydrogen-bond acceptors (Lipinski definition) is 4. The van der Waals surface area contributed by atoms with Crippen molar-refractivity contribution in [3.8, 4) is 11.5 Å². The Bertz CT molecular complexity index is 442. The van der Waals surface area contributed by atoms with Crippen LogP contribution in [0.1, 0.15) is 51.1 Å². The molecule has 21 heavy (non-hydrogen) atoms. The van der Waals surface area contributed by atoms with Crippen LogP contribution in [0.25, 0.3) is 0 Å². The van der Waals surface area contributed by atoms with Gasteiger partial charge in [-0.15, -0.1) is 0 Å². The van der Waals surface area contributed by atoms with Crippen molar-refractivity contribution in [1.82, 2.24) is 5.43 Å². The summed E-state index contributed by atoms with van der Waals surface area (Å²) < 4.78 is 11.1. The normalized spacial score (nSPS) is 20.0. The molecule has 1 aliphatic rings. The van der Waals surface area contributed by atoms with Gasteiger partial charge in [0, 0.05) is 0 Å². The molecule has 1 saturated carbocycles. The van der Waals surface area contributed by atoms with Gasteiger partial charge in [0.05, 0.1) is 25.8 Å². The van der Waals surface area contributed by atoms with E-state index >= 15 is 0 Å². The molecule has 0 aromatic heterocycles. The van der Waals surface area contributed by atoms with E-state index in [0.717, 1.165) is 17.1 Å². The van der Waals surface area contributed by atoms with Crippen LogP contribution in [0, 0.1) is 11.3 Å². The number of methoxy groups -OCH3 is 2. The van der Waals surface area contributed by atoms with Crippen LogP contribution < -0.4 is 20.7 Å². The predicted octanol–water partition coefficient (Wildman–Crippen LogP) is 3.42. The molecular weight excluding hydrogens is 264 g/mol. The summed E-state index contributed by atoms with van der Waals surface area (Å²) in [5.74, 6) is 8.07. The number of rotatable bonds is 5. The molecule has 3 N–H and O–H groups in total. The monoisotopic (exact) mass is 292 g/mol. The van der Waals surface area contributed by atoms with E-state index < -0.39 is 0 Å². The smallest absolute Gasteiger partial charge is 0.127 e. The SMILES string of the molecule is COc1cccc(OC)c1C(NN)C1CCC(C)(C)CC1. The van der Waals surface area contributed by atoms with Crippen LogP contribution in [0.15, 0.2) is 18.2 Å². The molecule has 1 fully saturated rings. The number of hydrazine groups is 1. The zero-order chi connectivity index (χ0) is 15.5. The van der Waals surface area contributed by atoms with Gasteiger partial charge >= 0.3 is 0 Å². The van der Waals surface area contributed by atoms with E-state index in [9.17, 15) is 0 Å². The minimum Gasteiger partial charge on any atom is -0.496 e. The summed E-state index contributed by atoms with van der Waals surface area (Å²) in [6, 6.07) is 5.94. The third-order valence-electron chi connectivity index (χ3n) is 4.81. The topological polar surface area (TPSA) is 56.5 Å². The van der Waals surface area contributed by atoms with Crippen molar-refractivity contribution in [3.05, 3.63) is 23.8 Å². The van der Waals surface area contributed by atoms with E-state index in [1.807, 2.05) is 18.2 Å². The first-order valence-electron chi connectivity index (χ1n) is 7.69. The van der Waals surface area contributed by atoms with Crippen LogP contribution in [0.5, 0.6) is 11.5 Å². The standard InChI is InChI=1S/C17H28N2O2/c1-17(2)10-8-12(9-11-17)16(19-18)15-13(20-3)6-5-7-14(15)21-4/h5-7,12,16,19H,8-11,18H2,1-4H3. The maximum atomic E-state index is 5.89. The summed E-state index contributed by atoms with van der Waals surface area (Å²) in [5, 5.41) is 0. The van der Waals surface area contributed by atoms with E-state index in [1.54, 1.807) is 14.2 Å². The molecule has 0 heterocycles. The number of benzene rings is 1. The molecular formula is C17H28N2O2. The Morgan fingerprint density at radius 3 is 2.10 bits per heavy atom. The van der Waals surface area contributed by atoms with Crippen molar-refractivity contribution in [1.29, 1.82) is 0 Å². The molecule has 0 radical (unpaired) electrons. The zero-order valence-electron chi connectivity index (χ0n) is 13.6. The Balaban J connectivity index is 2.29. The highest BCUT2D eigenvalue weighted by atomic mass is 16.5. The van der Waals surface area contributed by atoms with Gasteiger partial charge in [-0.3, -0.25) is 11.3 Å². The van der Waals surface area contributed by atoms with Crippen molar-refractivity contribution in [3.63, 3.8) is 0 Å². The zero-order valence-corrected chi connectivity index (χ0v) is 13.6. The number of nitrogens with one attached hydrogen (secondary N) is 1. The molecule has 0 bridgehead atoms. The first kappa shape index (κ1) is 16.1. The van der Waals surface area contributed by atoms with Crippen LogP contribution in [-0.4, -0.2) is 14.2 Å². The Hall–Kier alpha value is -1.26. The lowest BCUT2D eigenvalue weighted by Crippen LogP contribution is -2.37. The first-order valence-corrected chi connectivity index (χ1v) is 7.69. The van der Waals surface area contributed by atoms with Gasteiger partial charge in [0.2, 0.25) is 0 Å². The number of hydrogen-bond donors (Lipinski definition) is 2. The van der Waals surface area contributed by atoms with Crippen molar-refractivity contribution in [2.45, 2.75) is 45.6 Å². The second-order valence-electron chi connectivity index (χ2n) is 6.72. The van der Waals surface area contributed by atoms with Crippen molar-refractivity contribution in [2.75, 3.05) is 14.2 Å². The third kappa shape index (κ3) is 3.50. The summed E-state index contributed by atoms with van der Waals surface area (Å²) in [7, 11) is 3.38. The Kier molecular flexibility index (Phi) is 5.12. The highest BCUT2D eigenvalue weighted by molar-refractivity contribution is 5.47. The van der Waals surface area contributed by atoms with Gasteiger partial charge < -0.3 is 9.47 Å². The second-order valence-corrected chi connectivity index (χ2v) is 6.72. The van der Waals surface area contributed by atoms with E-state index in [2.05, 4.69) is 19.3 Å². The molecule has 0 spiro atoms. The maximum Gasteiger partial charge on any atom is 0.127 e. The third-order valence-corrected chi connectivity index (χ3v) is 4.81. The Morgan fingerprint density at radius 1 is 1.14 bits per heavy atom. The fraction of sp³-hybridized carbons (Fsp3) is 0.647. The first-order chi connectivity index (χ1) is 10.0. The van der Waals surface area contributed by atoms with Crippen molar-refractivity contribution < 1.29 is 9.47 Å². The fourth-order valence-corrected chi connectivity index (χ4v) is 3.40.